The molecule has 0 aromatic heterocycles. The Hall–Kier alpha value is -0.740. The number of methoxy groups -OCH3 is 1. The third-order valence-corrected chi connectivity index (χ3v) is 4.01. The third kappa shape index (κ3) is 3.86. The summed E-state index contributed by atoms with van der Waals surface area (Å²) in [7, 11) is 1.68. The largest absolute Gasteiger partial charge is 0.493 e. The summed E-state index contributed by atoms with van der Waals surface area (Å²) in [6.07, 6.45) is 2.27. The molecule has 106 valence electrons. The van der Waals surface area contributed by atoms with E-state index in [1.165, 1.54) is 12.0 Å². The van der Waals surface area contributed by atoms with Crippen molar-refractivity contribution in [2.45, 2.75) is 39.3 Å². The first-order chi connectivity index (χ1) is 9.15. The number of hydrogen-bond donors (Lipinski definition) is 1. The Morgan fingerprint density at radius 2 is 2.16 bits per heavy atom. The van der Waals surface area contributed by atoms with E-state index >= 15 is 0 Å². The van der Waals surface area contributed by atoms with Crippen LogP contribution in [-0.2, 0) is 6.54 Å². The lowest BCUT2D eigenvalue weighted by Gasteiger charge is -2.14. The second-order valence-electron chi connectivity index (χ2n) is 5.16. The number of rotatable bonds is 7. The Balaban J connectivity index is 2.06. The van der Waals surface area contributed by atoms with Crippen LogP contribution in [0.5, 0.6) is 11.5 Å². The lowest BCUT2D eigenvalue weighted by Crippen LogP contribution is -2.17. The Morgan fingerprint density at radius 1 is 1.42 bits per heavy atom. The topological polar surface area (TPSA) is 30.5 Å². The van der Waals surface area contributed by atoms with Crippen molar-refractivity contribution in [3.05, 3.63) is 22.2 Å². The monoisotopic (exact) mass is 327 g/mol. The number of hydrogen-bond acceptors (Lipinski definition) is 3. The molecule has 1 saturated carbocycles. The highest BCUT2D eigenvalue weighted by Gasteiger charge is 2.31. The van der Waals surface area contributed by atoms with E-state index in [1.807, 2.05) is 0 Å². The molecule has 3 nitrogen and oxygen atoms in total. The van der Waals surface area contributed by atoms with E-state index in [0.29, 0.717) is 12.6 Å². The fourth-order valence-electron chi connectivity index (χ4n) is 2.07. The van der Waals surface area contributed by atoms with Crippen LogP contribution in [0.1, 0.15) is 32.3 Å². The maximum atomic E-state index is 5.73. The van der Waals surface area contributed by atoms with Crippen LogP contribution in [0.15, 0.2) is 16.6 Å². The van der Waals surface area contributed by atoms with Gasteiger partial charge in [-0.25, -0.2) is 0 Å². The van der Waals surface area contributed by atoms with Gasteiger partial charge in [0.1, 0.15) is 0 Å². The van der Waals surface area contributed by atoms with E-state index in [-0.39, 0.29) is 0 Å². The number of benzene rings is 1. The fourth-order valence-corrected chi connectivity index (χ4v) is 2.68. The summed E-state index contributed by atoms with van der Waals surface area (Å²) in [5.41, 5.74) is 1.21. The second-order valence-corrected chi connectivity index (χ2v) is 6.01. The third-order valence-electron chi connectivity index (χ3n) is 3.42. The van der Waals surface area contributed by atoms with Gasteiger partial charge in [-0.1, -0.05) is 13.8 Å². The van der Waals surface area contributed by atoms with Crippen LogP contribution in [-0.4, -0.2) is 19.8 Å². The summed E-state index contributed by atoms with van der Waals surface area (Å²) >= 11 is 3.57. The van der Waals surface area contributed by atoms with Gasteiger partial charge in [0.15, 0.2) is 11.5 Å². The molecule has 2 rings (SSSR count). The van der Waals surface area contributed by atoms with Gasteiger partial charge in [0.2, 0.25) is 0 Å². The number of ether oxygens (including phenoxy) is 2. The minimum Gasteiger partial charge on any atom is -0.493 e. The van der Waals surface area contributed by atoms with Gasteiger partial charge in [0.05, 0.1) is 18.2 Å². The van der Waals surface area contributed by atoms with Crippen LogP contribution >= 0.6 is 15.9 Å². The summed E-state index contributed by atoms with van der Waals surface area (Å²) in [6.45, 7) is 5.94. The summed E-state index contributed by atoms with van der Waals surface area (Å²) < 4.78 is 12.1. The molecule has 2 atom stereocenters. The van der Waals surface area contributed by atoms with Crippen LogP contribution in [0.2, 0.25) is 0 Å². The smallest absolute Gasteiger partial charge is 0.175 e. The van der Waals surface area contributed by atoms with Gasteiger partial charge in [0.25, 0.3) is 0 Å². The molecule has 0 radical (unpaired) electrons. The molecule has 0 spiro atoms. The standard InChI is InChI=1S/C15H22BrNO2/c1-4-5-19-15-12(16)7-11(8-14(15)18-3)9-17-13-6-10(13)2/h7-8,10,13,17H,4-6,9H2,1-3H3. The molecule has 0 amide bonds. The van der Waals surface area contributed by atoms with Gasteiger partial charge >= 0.3 is 0 Å². The van der Waals surface area contributed by atoms with Crippen LogP contribution in [0.4, 0.5) is 0 Å². The zero-order valence-corrected chi connectivity index (χ0v) is 13.4. The van der Waals surface area contributed by atoms with Crippen LogP contribution in [0.25, 0.3) is 0 Å². The zero-order chi connectivity index (χ0) is 13.8. The average Bonchev–Trinajstić information content (AvgIpc) is 3.10. The van der Waals surface area contributed by atoms with E-state index in [0.717, 1.165) is 34.9 Å². The highest BCUT2D eigenvalue weighted by molar-refractivity contribution is 9.10. The quantitative estimate of drug-likeness (QED) is 0.827. The van der Waals surface area contributed by atoms with Crippen molar-refractivity contribution in [2.24, 2.45) is 5.92 Å². The molecule has 1 N–H and O–H groups in total. The summed E-state index contributed by atoms with van der Waals surface area (Å²) in [4.78, 5) is 0. The minimum absolute atomic E-state index is 0.681. The van der Waals surface area contributed by atoms with Gasteiger partial charge in [-0.15, -0.1) is 0 Å². The SMILES string of the molecule is CCCOc1c(Br)cc(CNC2CC2C)cc1OC. The van der Waals surface area contributed by atoms with Gasteiger partial charge in [0, 0.05) is 12.6 Å². The highest BCUT2D eigenvalue weighted by Crippen LogP contribution is 2.37. The normalized spacial score (nSPS) is 21.3. The number of halogens is 1. The predicted molar refractivity (Wildman–Crippen MR) is 80.9 cm³/mol. The summed E-state index contributed by atoms with van der Waals surface area (Å²) in [5, 5.41) is 3.55. The molecule has 0 saturated heterocycles. The van der Waals surface area contributed by atoms with Gasteiger partial charge in [-0.3, -0.25) is 0 Å². The fraction of sp³-hybridized carbons (Fsp3) is 0.600. The predicted octanol–water partition coefficient (Wildman–Crippen LogP) is 3.74. The zero-order valence-electron chi connectivity index (χ0n) is 11.8. The molecule has 1 aromatic carbocycles. The molecule has 1 fully saturated rings. The van der Waals surface area contributed by atoms with Crippen molar-refractivity contribution in [3.63, 3.8) is 0 Å². The second kappa shape index (κ2) is 6.62. The van der Waals surface area contributed by atoms with E-state index in [2.05, 4.69) is 47.2 Å². The lowest BCUT2D eigenvalue weighted by atomic mass is 10.2. The van der Waals surface area contributed by atoms with Crippen molar-refractivity contribution < 1.29 is 9.47 Å². The van der Waals surface area contributed by atoms with Crippen molar-refractivity contribution in [2.75, 3.05) is 13.7 Å². The molecular weight excluding hydrogens is 306 g/mol. The molecule has 4 heteroatoms. The molecular formula is C15H22BrNO2. The maximum absolute atomic E-state index is 5.73. The Kier molecular flexibility index (Phi) is 5.11. The number of nitrogens with one attached hydrogen (secondary N) is 1. The van der Waals surface area contributed by atoms with Gasteiger partial charge < -0.3 is 14.8 Å². The Bertz CT molecular complexity index is 436. The maximum Gasteiger partial charge on any atom is 0.175 e. The first kappa shape index (κ1) is 14.7. The molecule has 1 aliphatic rings. The van der Waals surface area contributed by atoms with Crippen LogP contribution in [0.3, 0.4) is 0 Å². The first-order valence-electron chi connectivity index (χ1n) is 6.88. The molecule has 0 aliphatic heterocycles. The highest BCUT2D eigenvalue weighted by atomic mass is 79.9. The summed E-state index contributed by atoms with van der Waals surface area (Å²) in [6, 6.07) is 4.84. The van der Waals surface area contributed by atoms with Gasteiger partial charge in [-0.2, -0.15) is 0 Å². The van der Waals surface area contributed by atoms with Crippen molar-refractivity contribution in [3.8, 4) is 11.5 Å². The molecule has 0 heterocycles. The van der Waals surface area contributed by atoms with Crippen molar-refractivity contribution in [1.82, 2.24) is 5.32 Å². The van der Waals surface area contributed by atoms with Crippen LogP contribution < -0.4 is 14.8 Å². The average molecular weight is 328 g/mol. The van der Waals surface area contributed by atoms with E-state index in [9.17, 15) is 0 Å². The molecule has 19 heavy (non-hydrogen) atoms. The van der Waals surface area contributed by atoms with E-state index in [1.54, 1.807) is 7.11 Å². The van der Waals surface area contributed by atoms with Gasteiger partial charge in [-0.05, 0) is 52.4 Å². The summed E-state index contributed by atoms with van der Waals surface area (Å²) in [5.74, 6) is 2.41. The Labute approximate surface area is 123 Å². The molecule has 1 aliphatic carbocycles. The molecule has 0 bridgehead atoms. The minimum atomic E-state index is 0.681. The molecule has 1 aromatic rings. The Morgan fingerprint density at radius 3 is 2.74 bits per heavy atom. The molecule has 2 unspecified atom stereocenters. The van der Waals surface area contributed by atoms with Crippen molar-refractivity contribution >= 4 is 15.9 Å². The van der Waals surface area contributed by atoms with E-state index < -0.39 is 0 Å². The first-order valence-corrected chi connectivity index (χ1v) is 7.67. The van der Waals surface area contributed by atoms with Crippen LogP contribution in [0, 0.1) is 5.92 Å². The van der Waals surface area contributed by atoms with E-state index in [4.69, 9.17) is 9.47 Å². The lowest BCUT2D eigenvalue weighted by molar-refractivity contribution is 0.292. The van der Waals surface area contributed by atoms with Crippen molar-refractivity contribution in [1.29, 1.82) is 0 Å².